The lowest BCUT2D eigenvalue weighted by atomic mass is 9.52. The summed E-state index contributed by atoms with van der Waals surface area (Å²) in [4.78, 5) is 5.81. The molecule has 2 unspecified atom stereocenters. The molecule has 174 valence electrons. The lowest BCUT2D eigenvalue weighted by Crippen LogP contribution is -2.68. The zero-order chi connectivity index (χ0) is 21.6. The van der Waals surface area contributed by atoms with E-state index < -0.39 is 0 Å². The van der Waals surface area contributed by atoms with Gasteiger partial charge in [-0.05, 0) is 95.6 Å². The van der Waals surface area contributed by atoms with E-state index in [1.807, 2.05) is 0 Å². The Balaban J connectivity index is 1.48. The standard InChI is InChI=1S/C30H44N2/c1-2-4-7-11-15-20-31-22-18-28-27-23-26(17-13-9-5-3-1)29-30(28,25-31)19-14-10-6-8-12-16-21-32(29)24-27/h1-2,5-7,9-11,23,27-29H,3-4,8,12-22,24-25H2/b2-1-,9-5+,10-6+,11-7+/t27-,28+,29+,30+/m0/s1. The predicted molar refractivity (Wildman–Crippen MR) is 137 cm³/mol. The molecule has 0 aromatic rings. The van der Waals surface area contributed by atoms with Crippen LogP contribution in [-0.4, -0.2) is 48.6 Å². The molecule has 5 aliphatic heterocycles. The van der Waals surface area contributed by atoms with Gasteiger partial charge in [0.1, 0.15) is 0 Å². The first-order valence-corrected chi connectivity index (χ1v) is 13.6. The lowest BCUT2D eigenvalue weighted by Gasteiger charge is -2.64. The summed E-state index contributed by atoms with van der Waals surface area (Å²) in [5.41, 5.74) is 2.26. The van der Waals surface area contributed by atoms with Gasteiger partial charge in [0.15, 0.2) is 0 Å². The molecule has 2 saturated heterocycles. The zero-order valence-corrected chi connectivity index (χ0v) is 20.1. The molecule has 0 saturated carbocycles. The van der Waals surface area contributed by atoms with Crippen molar-refractivity contribution >= 4 is 0 Å². The first-order chi connectivity index (χ1) is 15.9. The van der Waals surface area contributed by atoms with E-state index in [1.165, 1.54) is 90.5 Å². The van der Waals surface area contributed by atoms with Crippen LogP contribution < -0.4 is 0 Å². The van der Waals surface area contributed by atoms with Crippen LogP contribution in [0.3, 0.4) is 0 Å². The van der Waals surface area contributed by atoms with E-state index >= 15 is 0 Å². The molecule has 2 fully saturated rings. The van der Waals surface area contributed by atoms with Crippen molar-refractivity contribution in [1.82, 2.24) is 9.80 Å². The van der Waals surface area contributed by atoms with Crippen molar-refractivity contribution in [3.63, 3.8) is 0 Å². The van der Waals surface area contributed by atoms with Gasteiger partial charge in [-0.1, -0.05) is 60.3 Å². The van der Waals surface area contributed by atoms with Gasteiger partial charge in [0.2, 0.25) is 0 Å². The van der Waals surface area contributed by atoms with Gasteiger partial charge >= 0.3 is 0 Å². The summed E-state index contributed by atoms with van der Waals surface area (Å²) in [6, 6.07) is 0.686. The SMILES string of the molecule is C1=C2CC/C=C/C/C=C\C/C=C/CCN3CC[C@@H]4[C@@H]1CN1CCCC/C=C/CC[C@]4(C3)[C@@H]21. The number of rotatable bonds is 0. The predicted octanol–water partition coefficient (Wildman–Crippen LogP) is 6.69. The maximum Gasteiger partial charge on any atom is 0.0379 e. The normalized spacial score (nSPS) is 44.5. The van der Waals surface area contributed by atoms with Crippen molar-refractivity contribution in [2.75, 3.05) is 32.7 Å². The number of nitrogens with zero attached hydrogens (tertiary/aromatic N) is 2. The molecule has 0 amide bonds. The lowest BCUT2D eigenvalue weighted by molar-refractivity contribution is -0.109. The van der Waals surface area contributed by atoms with Crippen LogP contribution in [0.2, 0.25) is 0 Å². The third-order valence-corrected chi connectivity index (χ3v) is 8.93. The second-order valence-electron chi connectivity index (χ2n) is 10.9. The zero-order valence-electron chi connectivity index (χ0n) is 20.1. The van der Waals surface area contributed by atoms with E-state index in [4.69, 9.17) is 0 Å². The Morgan fingerprint density at radius 2 is 1.53 bits per heavy atom. The molecule has 6 atom stereocenters. The van der Waals surface area contributed by atoms with Crippen molar-refractivity contribution in [1.29, 1.82) is 0 Å². The largest absolute Gasteiger partial charge is 0.302 e. The number of hydrogen-bond acceptors (Lipinski definition) is 2. The van der Waals surface area contributed by atoms with E-state index in [0.717, 1.165) is 24.7 Å². The quantitative estimate of drug-likeness (QED) is 0.394. The molecule has 6 rings (SSSR count). The van der Waals surface area contributed by atoms with Crippen LogP contribution in [0, 0.1) is 17.3 Å². The molecule has 1 spiro atoms. The fourth-order valence-corrected chi connectivity index (χ4v) is 7.64. The van der Waals surface area contributed by atoms with Crippen LogP contribution >= 0.6 is 0 Å². The second-order valence-corrected chi connectivity index (χ2v) is 10.9. The molecule has 2 nitrogen and oxygen atoms in total. The van der Waals surface area contributed by atoms with Gasteiger partial charge in [0.05, 0.1) is 0 Å². The monoisotopic (exact) mass is 432 g/mol. The third-order valence-electron chi connectivity index (χ3n) is 8.93. The minimum absolute atomic E-state index is 0.461. The molecular formula is C30H44N2. The van der Waals surface area contributed by atoms with E-state index in [2.05, 4.69) is 64.5 Å². The van der Waals surface area contributed by atoms with Crippen molar-refractivity contribution in [3.05, 3.63) is 60.3 Å². The average Bonchev–Trinajstić information content (AvgIpc) is 2.83. The van der Waals surface area contributed by atoms with Gasteiger partial charge in [0, 0.05) is 31.1 Å². The highest BCUT2D eigenvalue weighted by Crippen LogP contribution is 2.57. The van der Waals surface area contributed by atoms with Crippen LogP contribution in [0.1, 0.15) is 70.6 Å². The average molecular weight is 433 g/mol. The van der Waals surface area contributed by atoms with Crippen LogP contribution in [-0.2, 0) is 0 Å². The minimum Gasteiger partial charge on any atom is -0.302 e. The highest BCUT2D eigenvalue weighted by Gasteiger charge is 2.58. The summed E-state index contributed by atoms with van der Waals surface area (Å²) in [6.45, 7) is 6.51. The first-order valence-electron chi connectivity index (χ1n) is 13.6. The van der Waals surface area contributed by atoms with Gasteiger partial charge < -0.3 is 4.90 Å². The summed E-state index contributed by atoms with van der Waals surface area (Å²) >= 11 is 0. The van der Waals surface area contributed by atoms with Gasteiger partial charge in [-0.3, -0.25) is 4.90 Å². The Labute approximate surface area is 196 Å². The molecule has 32 heavy (non-hydrogen) atoms. The molecule has 6 aliphatic rings. The highest BCUT2D eigenvalue weighted by molar-refractivity contribution is 5.30. The van der Waals surface area contributed by atoms with Crippen LogP contribution in [0.15, 0.2) is 60.3 Å². The fraction of sp³-hybridized carbons (Fsp3) is 0.667. The molecule has 0 radical (unpaired) electrons. The Kier molecular flexibility index (Phi) is 7.49. The second kappa shape index (κ2) is 10.7. The summed E-state index contributed by atoms with van der Waals surface area (Å²) in [5.74, 6) is 1.69. The highest BCUT2D eigenvalue weighted by atomic mass is 15.2. The summed E-state index contributed by atoms with van der Waals surface area (Å²) in [6.07, 6.45) is 36.0. The Morgan fingerprint density at radius 1 is 0.750 bits per heavy atom. The molecule has 0 aromatic carbocycles. The summed E-state index contributed by atoms with van der Waals surface area (Å²) < 4.78 is 0. The van der Waals surface area contributed by atoms with Gasteiger partial charge in [-0.15, -0.1) is 0 Å². The molecule has 0 aromatic heterocycles. The van der Waals surface area contributed by atoms with Gasteiger partial charge in [-0.25, -0.2) is 0 Å². The minimum atomic E-state index is 0.461. The van der Waals surface area contributed by atoms with Crippen molar-refractivity contribution in [2.45, 2.75) is 76.7 Å². The smallest absolute Gasteiger partial charge is 0.0379 e. The topological polar surface area (TPSA) is 6.48 Å². The first kappa shape index (κ1) is 22.4. The van der Waals surface area contributed by atoms with Crippen molar-refractivity contribution < 1.29 is 0 Å². The van der Waals surface area contributed by atoms with Crippen LogP contribution in [0.5, 0.6) is 0 Å². The van der Waals surface area contributed by atoms with Gasteiger partial charge in [0.25, 0.3) is 0 Å². The van der Waals surface area contributed by atoms with Crippen molar-refractivity contribution in [3.8, 4) is 0 Å². The molecule has 1 aliphatic carbocycles. The Hall–Kier alpha value is -1.38. The Bertz CT molecular complexity index is 772. The summed E-state index contributed by atoms with van der Waals surface area (Å²) in [5, 5.41) is 0. The molecule has 5 heterocycles. The van der Waals surface area contributed by atoms with E-state index in [9.17, 15) is 0 Å². The summed E-state index contributed by atoms with van der Waals surface area (Å²) in [7, 11) is 0. The fourth-order valence-electron chi connectivity index (χ4n) is 7.64. The van der Waals surface area contributed by atoms with Crippen LogP contribution in [0.25, 0.3) is 0 Å². The number of fused-ring (bicyclic) bond motifs is 1. The number of hydrogen-bond donors (Lipinski definition) is 0. The molecular weight excluding hydrogens is 388 g/mol. The van der Waals surface area contributed by atoms with E-state index in [0.29, 0.717) is 11.5 Å². The number of allylic oxidation sites excluding steroid dienone is 7. The maximum atomic E-state index is 2.96. The maximum absolute atomic E-state index is 2.96. The number of piperidine rings is 2. The third kappa shape index (κ3) is 4.77. The Morgan fingerprint density at radius 3 is 2.44 bits per heavy atom. The van der Waals surface area contributed by atoms with Crippen LogP contribution in [0.4, 0.5) is 0 Å². The van der Waals surface area contributed by atoms with Crippen molar-refractivity contribution in [2.24, 2.45) is 17.3 Å². The molecule has 2 heteroatoms. The molecule has 6 bridgehead atoms. The van der Waals surface area contributed by atoms with Gasteiger partial charge in [-0.2, -0.15) is 0 Å². The van der Waals surface area contributed by atoms with E-state index in [-0.39, 0.29) is 0 Å². The van der Waals surface area contributed by atoms with E-state index in [1.54, 1.807) is 5.57 Å². The molecule has 0 N–H and O–H groups in total.